The quantitative estimate of drug-likeness (QED) is 0.669. The van der Waals surface area contributed by atoms with E-state index in [1.54, 1.807) is 7.11 Å². The van der Waals surface area contributed by atoms with Crippen molar-refractivity contribution in [2.45, 2.75) is 26.3 Å². The van der Waals surface area contributed by atoms with Crippen molar-refractivity contribution in [1.82, 2.24) is 15.0 Å². The molecule has 1 aromatic heterocycles. The van der Waals surface area contributed by atoms with Crippen molar-refractivity contribution in [3.63, 3.8) is 0 Å². The number of likely N-dealkylation sites (tertiary alicyclic amines) is 1. The molecule has 3 aromatic rings. The van der Waals surface area contributed by atoms with Gasteiger partial charge in [0.25, 0.3) is 0 Å². The lowest BCUT2D eigenvalue weighted by atomic mass is 9.97. The van der Waals surface area contributed by atoms with E-state index in [1.807, 2.05) is 55.5 Å². The van der Waals surface area contributed by atoms with Crippen LogP contribution in [-0.4, -0.2) is 41.1 Å². The number of amides is 1. The van der Waals surface area contributed by atoms with E-state index in [0.29, 0.717) is 24.8 Å². The third-order valence-electron chi connectivity index (χ3n) is 5.45. The average Bonchev–Trinajstić information content (AvgIpc) is 3.24. The Labute approximate surface area is 176 Å². The van der Waals surface area contributed by atoms with Crippen molar-refractivity contribution in [2.75, 3.05) is 25.5 Å². The molecule has 2 aromatic carbocycles. The number of hydrogen-bond acceptors (Lipinski definition) is 6. The van der Waals surface area contributed by atoms with Crippen LogP contribution in [0.25, 0.3) is 11.4 Å². The Balaban J connectivity index is 1.36. The zero-order chi connectivity index (χ0) is 20.9. The van der Waals surface area contributed by atoms with Gasteiger partial charge in [0.2, 0.25) is 17.6 Å². The van der Waals surface area contributed by atoms with Gasteiger partial charge in [0.15, 0.2) is 0 Å². The Bertz CT molecular complexity index is 1000. The maximum atomic E-state index is 12.8. The van der Waals surface area contributed by atoms with Crippen molar-refractivity contribution < 1.29 is 14.1 Å². The van der Waals surface area contributed by atoms with Crippen molar-refractivity contribution in [1.29, 1.82) is 0 Å². The van der Waals surface area contributed by atoms with Crippen molar-refractivity contribution in [3.8, 4) is 17.1 Å². The Morgan fingerprint density at radius 2 is 2.03 bits per heavy atom. The fourth-order valence-corrected chi connectivity index (χ4v) is 3.73. The molecule has 0 radical (unpaired) electrons. The molecular weight excluding hydrogens is 380 g/mol. The van der Waals surface area contributed by atoms with Gasteiger partial charge >= 0.3 is 0 Å². The molecule has 1 amide bonds. The molecule has 0 saturated carbocycles. The van der Waals surface area contributed by atoms with Crippen LogP contribution in [0.15, 0.2) is 53.1 Å². The molecule has 7 nitrogen and oxygen atoms in total. The van der Waals surface area contributed by atoms with Gasteiger partial charge in [-0.3, -0.25) is 9.69 Å². The predicted octanol–water partition coefficient (Wildman–Crippen LogP) is 3.90. The number of ether oxygens (including phenoxy) is 1. The van der Waals surface area contributed by atoms with E-state index >= 15 is 0 Å². The number of para-hydroxylation sites is 1. The summed E-state index contributed by atoms with van der Waals surface area (Å²) < 4.78 is 10.6. The third-order valence-corrected chi connectivity index (χ3v) is 5.45. The number of piperidine rings is 1. The van der Waals surface area contributed by atoms with Crippen LogP contribution in [0.1, 0.15) is 24.3 Å². The smallest absolute Gasteiger partial charge is 0.241 e. The highest BCUT2D eigenvalue weighted by Gasteiger charge is 2.27. The van der Waals surface area contributed by atoms with Gasteiger partial charge in [-0.2, -0.15) is 4.98 Å². The van der Waals surface area contributed by atoms with Gasteiger partial charge in [0.05, 0.1) is 19.6 Å². The van der Waals surface area contributed by atoms with Crippen LogP contribution in [0.5, 0.6) is 5.75 Å². The summed E-state index contributed by atoms with van der Waals surface area (Å²) in [4.78, 5) is 19.5. The Morgan fingerprint density at radius 3 is 2.80 bits per heavy atom. The van der Waals surface area contributed by atoms with Gasteiger partial charge in [0.1, 0.15) is 5.75 Å². The number of nitrogens with one attached hydrogen (secondary N) is 1. The molecule has 1 unspecified atom stereocenters. The molecule has 2 heterocycles. The summed E-state index contributed by atoms with van der Waals surface area (Å²) >= 11 is 0. The summed E-state index contributed by atoms with van der Waals surface area (Å²) in [5.41, 5.74) is 2.82. The predicted molar refractivity (Wildman–Crippen MR) is 114 cm³/mol. The monoisotopic (exact) mass is 406 g/mol. The SMILES string of the molecule is COc1ccc(-c2noc(CN3CCCC(C(=O)Nc4ccccc4C)C3)n2)cc1. The summed E-state index contributed by atoms with van der Waals surface area (Å²) in [6.07, 6.45) is 1.85. The summed E-state index contributed by atoms with van der Waals surface area (Å²) in [5, 5.41) is 7.17. The zero-order valence-electron chi connectivity index (χ0n) is 17.3. The standard InChI is InChI=1S/C23H26N4O3/c1-16-6-3-4-8-20(16)24-23(28)18-7-5-13-27(14-18)15-21-25-22(26-30-21)17-9-11-19(29-2)12-10-17/h3-4,6,8-12,18H,5,7,13-15H2,1-2H3,(H,24,28). The van der Waals surface area contributed by atoms with Crippen LogP contribution in [-0.2, 0) is 11.3 Å². The lowest BCUT2D eigenvalue weighted by Gasteiger charge is -2.31. The van der Waals surface area contributed by atoms with E-state index in [2.05, 4.69) is 20.4 Å². The molecule has 7 heteroatoms. The van der Waals surface area contributed by atoms with Crippen LogP contribution in [0.2, 0.25) is 0 Å². The topological polar surface area (TPSA) is 80.5 Å². The number of carbonyl (C=O) groups is 1. The zero-order valence-corrected chi connectivity index (χ0v) is 17.3. The maximum Gasteiger partial charge on any atom is 0.241 e. The van der Waals surface area contributed by atoms with Gasteiger partial charge in [0, 0.05) is 17.8 Å². The highest BCUT2D eigenvalue weighted by atomic mass is 16.5. The highest BCUT2D eigenvalue weighted by Crippen LogP contribution is 2.23. The lowest BCUT2D eigenvalue weighted by molar-refractivity contribution is -0.121. The second-order valence-electron chi connectivity index (χ2n) is 7.62. The first-order chi connectivity index (χ1) is 14.6. The number of carbonyl (C=O) groups excluding carboxylic acids is 1. The second kappa shape index (κ2) is 9.09. The molecule has 0 bridgehead atoms. The normalized spacial score (nSPS) is 16.9. The molecule has 1 N–H and O–H groups in total. The average molecular weight is 406 g/mol. The minimum Gasteiger partial charge on any atom is -0.497 e. The molecule has 0 aliphatic carbocycles. The van der Waals surface area contributed by atoms with E-state index in [0.717, 1.165) is 42.0 Å². The number of nitrogens with zero attached hydrogens (tertiary/aromatic N) is 3. The summed E-state index contributed by atoms with van der Waals surface area (Å²) in [6, 6.07) is 15.4. The lowest BCUT2D eigenvalue weighted by Crippen LogP contribution is -2.40. The fraction of sp³-hybridized carbons (Fsp3) is 0.348. The minimum absolute atomic E-state index is 0.0534. The summed E-state index contributed by atoms with van der Waals surface area (Å²) in [6.45, 7) is 4.13. The number of hydrogen-bond donors (Lipinski definition) is 1. The largest absolute Gasteiger partial charge is 0.497 e. The molecule has 0 spiro atoms. The molecule has 1 atom stereocenters. The fourth-order valence-electron chi connectivity index (χ4n) is 3.73. The van der Waals surface area contributed by atoms with Crippen LogP contribution < -0.4 is 10.1 Å². The third kappa shape index (κ3) is 4.68. The van der Waals surface area contributed by atoms with E-state index in [4.69, 9.17) is 9.26 Å². The first kappa shape index (κ1) is 20.1. The molecular formula is C23H26N4O3. The summed E-state index contributed by atoms with van der Waals surface area (Å²) in [7, 11) is 1.63. The van der Waals surface area contributed by atoms with Crippen molar-refractivity contribution in [3.05, 3.63) is 60.0 Å². The van der Waals surface area contributed by atoms with E-state index < -0.39 is 0 Å². The molecule has 1 aliphatic rings. The number of anilines is 1. The number of benzene rings is 2. The molecule has 1 fully saturated rings. The first-order valence-electron chi connectivity index (χ1n) is 10.2. The Hall–Kier alpha value is -3.19. The van der Waals surface area contributed by atoms with Crippen LogP contribution >= 0.6 is 0 Å². The Kier molecular flexibility index (Phi) is 6.09. The van der Waals surface area contributed by atoms with Crippen LogP contribution in [0, 0.1) is 12.8 Å². The van der Waals surface area contributed by atoms with E-state index in [1.165, 1.54) is 0 Å². The minimum atomic E-state index is -0.0534. The van der Waals surface area contributed by atoms with Gasteiger partial charge in [-0.15, -0.1) is 0 Å². The number of methoxy groups -OCH3 is 1. The maximum absolute atomic E-state index is 12.8. The molecule has 30 heavy (non-hydrogen) atoms. The molecule has 1 aliphatic heterocycles. The second-order valence-corrected chi connectivity index (χ2v) is 7.62. The van der Waals surface area contributed by atoms with Crippen molar-refractivity contribution in [2.24, 2.45) is 5.92 Å². The molecule has 4 rings (SSSR count). The van der Waals surface area contributed by atoms with Gasteiger partial charge < -0.3 is 14.6 Å². The Morgan fingerprint density at radius 1 is 1.23 bits per heavy atom. The van der Waals surface area contributed by atoms with Crippen LogP contribution in [0.3, 0.4) is 0 Å². The highest BCUT2D eigenvalue weighted by molar-refractivity contribution is 5.93. The van der Waals surface area contributed by atoms with Gasteiger partial charge in [-0.25, -0.2) is 0 Å². The van der Waals surface area contributed by atoms with Crippen molar-refractivity contribution >= 4 is 11.6 Å². The number of rotatable bonds is 6. The van der Waals surface area contributed by atoms with Crippen LogP contribution in [0.4, 0.5) is 5.69 Å². The molecule has 156 valence electrons. The van der Waals surface area contributed by atoms with Gasteiger partial charge in [-0.1, -0.05) is 23.4 Å². The molecule has 1 saturated heterocycles. The number of aryl methyl sites for hydroxylation is 1. The number of aromatic nitrogens is 2. The summed E-state index contributed by atoms with van der Waals surface area (Å²) in [5.74, 6) is 1.91. The van der Waals surface area contributed by atoms with E-state index in [9.17, 15) is 4.79 Å². The van der Waals surface area contributed by atoms with Gasteiger partial charge in [-0.05, 0) is 62.2 Å². The first-order valence-corrected chi connectivity index (χ1v) is 10.2. The van der Waals surface area contributed by atoms with E-state index in [-0.39, 0.29) is 11.8 Å².